The average molecular weight is 358 g/mol. The van der Waals surface area contributed by atoms with Crippen molar-refractivity contribution in [3.8, 4) is 11.5 Å². The molecule has 26 heavy (non-hydrogen) atoms. The molecule has 2 aromatic carbocycles. The highest BCUT2D eigenvalue weighted by atomic mass is 16.6. The highest BCUT2D eigenvalue weighted by molar-refractivity contribution is 5.84. The van der Waals surface area contributed by atoms with E-state index in [-0.39, 0.29) is 5.75 Å². The van der Waals surface area contributed by atoms with Crippen LogP contribution in [0.5, 0.6) is 11.5 Å². The highest BCUT2D eigenvalue weighted by Gasteiger charge is 2.21. The predicted molar refractivity (Wildman–Crippen MR) is 87.1 cm³/mol. The largest absolute Gasteiger partial charge is 0.508 e. The number of phenols is 1. The van der Waals surface area contributed by atoms with Gasteiger partial charge in [0.25, 0.3) is 5.69 Å². The summed E-state index contributed by atoms with van der Waals surface area (Å²) in [5.41, 5.74) is -0.798. The Labute approximate surface area is 145 Å². The lowest BCUT2D eigenvalue weighted by Crippen LogP contribution is -2.06. The SMILES string of the molecule is O=C(/C=C/N=Nc1ccc(O)cc1)Oc1ccc([N+](=O)[O-])cc1[N+](=O)[O-]. The minimum atomic E-state index is -0.980. The fourth-order valence-electron chi connectivity index (χ4n) is 1.70. The van der Waals surface area contributed by atoms with Gasteiger partial charge in [-0.05, 0) is 30.3 Å². The van der Waals surface area contributed by atoms with Gasteiger partial charge in [0.05, 0.1) is 27.8 Å². The number of carbonyl (C=O) groups excluding carboxylic acids is 1. The number of nitro groups is 2. The zero-order valence-electron chi connectivity index (χ0n) is 12.9. The molecule has 0 atom stereocenters. The number of hydrogen-bond donors (Lipinski definition) is 1. The number of nitro benzene ring substituents is 2. The molecule has 0 aliphatic rings. The van der Waals surface area contributed by atoms with Crippen LogP contribution in [0.1, 0.15) is 0 Å². The molecule has 0 bridgehead atoms. The third-order valence-corrected chi connectivity index (χ3v) is 2.86. The minimum absolute atomic E-state index is 0.0627. The number of aromatic hydroxyl groups is 1. The summed E-state index contributed by atoms with van der Waals surface area (Å²) in [5, 5.41) is 38.0. The maximum absolute atomic E-state index is 11.7. The second-order valence-corrected chi connectivity index (χ2v) is 4.63. The quantitative estimate of drug-likeness (QED) is 0.207. The summed E-state index contributed by atoms with van der Waals surface area (Å²) in [7, 11) is 0. The van der Waals surface area contributed by atoms with E-state index in [4.69, 9.17) is 9.84 Å². The van der Waals surface area contributed by atoms with E-state index in [1.807, 2.05) is 0 Å². The fourth-order valence-corrected chi connectivity index (χ4v) is 1.70. The molecule has 132 valence electrons. The third kappa shape index (κ3) is 4.92. The molecule has 11 nitrogen and oxygen atoms in total. The molecule has 0 aromatic heterocycles. The molecular weight excluding hydrogens is 348 g/mol. The number of hydrogen-bond acceptors (Lipinski definition) is 9. The Bertz CT molecular complexity index is 907. The molecule has 0 fully saturated rings. The molecule has 1 N–H and O–H groups in total. The number of nitrogens with zero attached hydrogens (tertiary/aromatic N) is 4. The van der Waals surface area contributed by atoms with E-state index < -0.39 is 32.9 Å². The van der Waals surface area contributed by atoms with Crippen molar-refractivity contribution in [2.24, 2.45) is 10.2 Å². The Morgan fingerprint density at radius 3 is 2.38 bits per heavy atom. The molecule has 0 aliphatic heterocycles. The number of rotatable bonds is 6. The number of benzene rings is 2. The van der Waals surface area contributed by atoms with Gasteiger partial charge in [-0.2, -0.15) is 10.2 Å². The zero-order valence-corrected chi connectivity index (χ0v) is 12.9. The molecule has 0 unspecified atom stereocenters. The first-order valence-corrected chi connectivity index (χ1v) is 6.88. The third-order valence-electron chi connectivity index (χ3n) is 2.86. The molecule has 0 radical (unpaired) electrons. The molecule has 11 heteroatoms. The van der Waals surface area contributed by atoms with Gasteiger partial charge < -0.3 is 9.84 Å². The maximum Gasteiger partial charge on any atom is 0.338 e. The smallest absolute Gasteiger partial charge is 0.338 e. The van der Waals surface area contributed by atoms with Crippen LogP contribution >= 0.6 is 0 Å². The van der Waals surface area contributed by atoms with Gasteiger partial charge in [-0.25, -0.2) is 4.79 Å². The normalized spacial score (nSPS) is 10.9. The first-order chi connectivity index (χ1) is 12.4. The average Bonchev–Trinajstić information content (AvgIpc) is 2.60. The number of ether oxygens (including phenoxy) is 1. The van der Waals surface area contributed by atoms with Gasteiger partial charge in [0.15, 0.2) is 0 Å². The number of esters is 1. The Kier molecular flexibility index (Phi) is 5.67. The first kappa shape index (κ1) is 18.2. The van der Waals surface area contributed by atoms with Gasteiger partial charge in [-0.1, -0.05) is 0 Å². The molecular formula is C15H10N4O7. The van der Waals surface area contributed by atoms with Gasteiger partial charge in [0.1, 0.15) is 5.75 Å². The standard InChI is InChI=1S/C15H10N4O7/c20-12-4-1-10(2-5-12)17-16-8-7-15(21)26-14-6-3-11(18(22)23)9-13(14)19(24)25/h1-9,20H/b8-7+,17-16?. The van der Waals surface area contributed by atoms with E-state index in [1.165, 1.54) is 24.3 Å². The number of azo groups is 1. The van der Waals surface area contributed by atoms with Crippen LogP contribution in [0, 0.1) is 20.2 Å². The van der Waals surface area contributed by atoms with Crippen LogP contribution in [0.4, 0.5) is 17.1 Å². The molecule has 0 spiro atoms. The van der Waals surface area contributed by atoms with E-state index in [0.29, 0.717) is 11.8 Å². The van der Waals surface area contributed by atoms with E-state index in [2.05, 4.69) is 10.2 Å². The van der Waals surface area contributed by atoms with Crippen molar-refractivity contribution in [1.82, 2.24) is 0 Å². The van der Waals surface area contributed by atoms with Crippen LogP contribution in [-0.4, -0.2) is 20.9 Å². The lowest BCUT2D eigenvalue weighted by atomic mass is 10.2. The van der Waals surface area contributed by atoms with Gasteiger partial charge >= 0.3 is 11.7 Å². The van der Waals surface area contributed by atoms with Crippen LogP contribution in [0.3, 0.4) is 0 Å². The summed E-state index contributed by atoms with van der Waals surface area (Å²) in [6.45, 7) is 0. The van der Waals surface area contributed by atoms with Crippen LogP contribution in [-0.2, 0) is 4.79 Å². The zero-order chi connectivity index (χ0) is 19.1. The number of non-ortho nitro benzene ring substituents is 1. The Morgan fingerprint density at radius 2 is 1.77 bits per heavy atom. The van der Waals surface area contributed by atoms with Crippen LogP contribution in [0.2, 0.25) is 0 Å². The molecule has 0 saturated carbocycles. The van der Waals surface area contributed by atoms with Gasteiger partial charge in [-0.3, -0.25) is 20.2 Å². The second kappa shape index (κ2) is 8.10. The summed E-state index contributed by atoms with van der Waals surface area (Å²) in [6.07, 6.45) is 1.88. The van der Waals surface area contributed by atoms with Crippen molar-refractivity contribution in [2.75, 3.05) is 0 Å². The van der Waals surface area contributed by atoms with Crippen molar-refractivity contribution in [2.45, 2.75) is 0 Å². The lowest BCUT2D eigenvalue weighted by molar-refractivity contribution is -0.394. The summed E-state index contributed by atoms with van der Waals surface area (Å²) >= 11 is 0. The molecule has 0 heterocycles. The highest BCUT2D eigenvalue weighted by Crippen LogP contribution is 2.31. The lowest BCUT2D eigenvalue weighted by Gasteiger charge is -2.02. The van der Waals surface area contributed by atoms with E-state index in [1.54, 1.807) is 0 Å². The summed E-state index contributed by atoms with van der Waals surface area (Å²) in [5.74, 6) is -1.36. The summed E-state index contributed by atoms with van der Waals surface area (Å²) in [4.78, 5) is 31.5. The predicted octanol–water partition coefficient (Wildman–Crippen LogP) is 3.41. The summed E-state index contributed by atoms with van der Waals surface area (Å²) in [6, 6.07) is 8.41. The first-order valence-electron chi connectivity index (χ1n) is 6.88. The van der Waals surface area contributed by atoms with Crippen molar-refractivity contribution in [3.05, 3.63) is 75.0 Å². The molecule has 0 aliphatic carbocycles. The molecule has 0 saturated heterocycles. The van der Waals surface area contributed by atoms with Crippen molar-refractivity contribution in [1.29, 1.82) is 0 Å². The minimum Gasteiger partial charge on any atom is -0.508 e. The van der Waals surface area contributed by atoms with Crippen LogP contribution in [0.15, 0.2) is 65.0 Å². The van der Waals surface area contributed by atoms with Gasteiger partial charge in [-0.15, -0.1) is 0 Å². The molecule has 0 amide bonds. The van der Waals surface area contributed by atoms with Gasteiger partial charge in [0.2, 0.25) is 5.75 Å². The number of carbonyl (C=O) groups is 1. The Balaban J connectivity index is 2.06. The van der Waals surface area contributed by atoms with Crippen molar-refractivity contribution in [3.63, 3.8) is 0 Å². The fraction of sp³-hybridized carbons (Fsp3) is 0. The van der Waals surface area contributed by atoms with Crippen LogP contribution < -0.4 is 4.74 Å². The van der Waals surface area contributed by atoms with Gasteiger partial charge in [0, 0.05) is 12.1 Å². The Morgan fingerprint density at radius 1 is 1.08 bits per heavy atom. The molecule has 2 rings (SSSR count). The Hall–Kier alpha value is -4.15. The maximum atomic E-state index is 11.7. The number of phenolic OH excluding ortho intramolecular Hbond substituents is 1. The topological polar surface area (TPSA) is 158 Å². The molecule has 2 aromatic rings. The van der Waals surface area contributed by atoms with E-state index in [0.717, 1.165) is 24.4 Å². The van der Waals surface area contributed by atoms with E-state index in [9.17, 15) is 25.0 Å². The second-order valence-electron chi connectivity index (χ2n) is 4.63. The van der Waals surface area contributed by atoms with Crippen molar-refractivity contribution >= 4 is 23.0 Å². The van der Waals surface area contributed by atoms with Crippen molar-refractivity contribution < 1.29 is 24.5 Å². The monoisotopic (exact) mass is 358 g/mol. The van der Waals surface area contributed by atoms with E-state index >= 15 is 0 Å². The summed E-state index contributed by atoms with van der Waals surface area (Å²) < 4.78 is 4.78. The van der Waals surface area contributed by atoms with Crippen LogP contribution in [0.25, 0.3) is 0 Å².